The number of carbonyl (C=O) groups excluding carboxylic acids is 1. The lowest BCUT2D eigenvalue weighted by Crippen LogP contribution is -1.56. The molecule has 0 aromatic heterocycles. The molecule has 0 amide bonds. The molecule has 1 aromatic carbocycles. The Morgan fingerprint density at radius 2 is 2.00 bits per heavy atom. The molecule has 0 radical (unpaired) electrons. The first-order valence-electron chi connectivity index (χ1n) is 3.89. The van der Waals surface area contributed by atoms with E-state index in [1.807, 2.05) is 25.1 Å². The van der Waals surface area contributed by atoms with Crippen molar-refractivity contribution in [1.82, 2.24) is 0 Å². The molecule has 0 aliphatic rings. The van der Waals surface area contributed by atoms with Crippen molar-refractivity contribution in [2.75, 3.05) is 0 Å². The van der Waals surface area contributed by atoms with Gasteiger partial charge in [0.2, 0.25) is 0 Å². The number of hydrogen-bond donors (Lipinski definition) is 0. The van der Waals surface area contributed by atoms with Gasteiger partial charge in [-0.1, -0.05) is 42.4 Å². The standard InChI is InChI=1S/C6H5N3.C3H6O/c7-9-8-6-4-2-1-3-5-6;1-2-3-4/h1-5H;3H,2H2,1H3. The van der Waals surface area contributed by atoms with Crippen LogP contribution in [-0.4, -0.2) is 6.29 Å². The maximum absolute atomic E-state index is 9.17. The van der Waals surface area contributed by atoms with Crippen LogP contribution in [0.5, 0.6) is 0 Å². The van der Waals surface area contributed by atoms with Crippen molar-refractivity contribution < 1.29 is 4.79 Å². The van der Waals surface area contributed by atoms with Gasteiger partial charge in [-0.3, -0.25) is 0 Å². The first kappa shape index (κ1) is 11.2. The summed E-state index contributed by atoms with van der Waals surface area (Å²) in [7, 11) is 0. The Labute approximate surface area is 76.8 Å². The van der Waals surface area contributed by atoms with Gasteiger partial charge in [-0.25, -0.2) is 0 Å². The van der Waals surface area contributed by atoms with Crippen LogP contribution in [0.25, 0.3) is 10.4 Å². The minimum atomic E-state index is 0.639. The molecule has 1 rings (SSSR count). The fourth-order valence-corrected chi connectivity index (χ4v) is 0.546. The van der Waals surface area contributed by atoms with Crippen LogP contribution in [0, 0.1) is 0 Å². The van der Waals surface area contributed by atoms with Gasteiger partial charge in [0.1, 0.15) is 6.29 Å². The fourth-order valence-electron chi connectivity index (χ4n) is 0.546. The highest BCUT2D eigenvalue weighted by atomic mass is 16.1. The topological polar surface area (TPSA) is 65.8 Å². The first-order chi connectivity index (χ1) is 6.35. The summed E-state index contributed by atoms with van der Waals surface area (Å²) >= 11 is 0. The van der Waals surface area contributed by atoms with Crippen molar-refractivity contribution in [3.63, 3.8) is 0 Å². The van der Waals surface area contributed by atoms with Crippen molar-refractivity contribution in [2.24, 2.45) is 5.11 Å². The van der Waals surface area contributed by atoms with Gasteiger partial charge in [0, 0.05) is 17.0 Å². The smallest absolute Gasteiger partial charge is 0.119 e. The molecular formula is C9H11N3O. The number of rotatable bonds is 2. The van der Waals surface area contributed by atoms with Crippen LogP contribution in [0.2, 0.25) is 0 Å². The first-order valence-corrected chi connectivity index (χ1v) is 3.89. The predicted molar refractivity (Wildman–Crippen MR) is 51.6 cm³/mol. The van der Waals surface area contributed by atoms with Gasteiger partial charge in [-0.05, 0) is 5.53 Å². The Bertz CT molecular complexity index is 278. The molecule has 0 atom stereocenters. The van der Waals surface area contributed by atoms with E-state index in [2.05, 4.69) is 10.0 Å². The summed E-state index contributed by atoms with van der Waals surface area (Å²) in [6, 6.07) is 9.02. The summed E-state index contributed by atoms with van der Waals surface area (Å²) in [5.41, 5.74) is 8.63. The molecular weight excluding hydrogens is 166 g/mol. The Morgan fingerprint density at radius 1 is 1.46 bits per heavy atom. The summed E-state index contributed by atoms with van der Waals surface area (Å²) in [5.74, 6) is 0. The number of benzene rings is 1. The lowest BCUT2D eigenvalue weighted by molar-refractivity contribution is -0.107. The molecule has 13 heavy (non-hydrogen) atoms. The van der Waals surface area contributed by atoms with E-state index in [9.17, 15) is 4.79 Å². The minimum absolute atomic E-state index is 0.639. The Hall–Kier alpha value is -1.80. The van der Waals surface area contributed by atoms with E-state index >= 15 is 0 Å². The van der Waals surface area contributed by atoms with Gasteiger partial charge in [0.05, 0.1) is 0 Å². The molecule has 68 valence electrons. The van der Waals surface area contributed by atoms with Crippen LogP contribution in [0.1, 0.15) is 13.3 Å². The molecule has 4 nitrogen and oxygen atoms in total. The van der Waals surface area contributed by atoms with Gasteiger partial charge in [-0.2, -0.15) is 0 Å². The quantitative estimate of drug-likeness (QED) is 0.296. The summed E-state index contributed by atoms with van der Waals surface area (Å²) in [6.45, 7) is 1.81. The summed E-state index contributed by atoms with van der Waals surface area (Å²) in [4.78, 5) is 11.8. The molecule has 0 heterocycles. The average molecular weight is 177 g/mol. The second-order valence-corrected chi connectivity index (χ2v) is 2.10. The number of aldehydes is 1. The molecule has 0 saturated heterocycles. The van der Waals surface area contributed by atoms with Crippen LogP contribution in [0.4, 0.5) is 5.69 Å². The second-order valence-electron chi connectivity index (χ2n) is 2.10. The van der Waals surface area contributed by atoms with Gasteiger partial charge >= 0.3 is 0 Å². The van der Waals surface area contributed by atoms with Gasteiger partial charge < -0.3 is 4.79 Å². The predicted octanol–water partition coefficient (Wildman–Crippen LogP) is 3.22. The molecule has 0 bridgehead atoms. The molecule has 0 saturated carbocycles. The van der Waals surface area contributed by atoms with E-state index in [1.165, 1.54) is 0 Å². The van der Waals surface area contributed by atoms with Crippen molar-refractivity contribution in [3.8, 4) is 0 Å². The summed E-state index contributed by atoms with van der Waals surface area (Å²) in [6.07, 6.45) is 1.51. The van der Waals surface area contributed by atoms with E-state index in [0.29, 0.717) is 12.1 Å². The molecule has 0 unspecified atom stereocenters. The zero-order chi connectivity index (χ0) is 9.94. The van der Waals surface area contributed by atoms with Crippen LogP contribution >= 0.6 is 0 Å². The van der Waals surface area contributed by atoms with Crippen molar-refractivity contribution >= 4 is 12.0 Å². The summed E-state index contributed by atoms with van der Waals surface area (Å²) < 4.78 is 0. The molecule has 4 heteroatoms. The van der Waals surface area contributed by atoms with Gasteiger partial charge in [0.25, 0.3) is 0 Å². The van der Waals surface area contributed by atoms with Crippen molar-refractivity contribution in [1.29, 1.82) is 0 Å². The minimum Gasteiger partial charge on any atom is -0.303 e. The third-order valence-electron chi connectivity index (χ3n) is 1.08. The van der Waals surface area contributed by atoms with Crippen LogP contribution in [-0.2, 0) is 4.79 Å². The highest BCUT2D eigenvalue weighted by Crippen LogP contribution is 2.08. The van der Waals surface area contributed by atoms with Crippen LogP contribution in [0.15, 0.2) is 35.4 Å². The number of azide groups is 1. The highest BCUT2D eigenvalue weighted by Gasteiger charge is 1.78. The second kappa shape index (κ2) is 8.30. The lowest BCUT2D eigenvalue weighted by atomic mass is 10.3. The Kier molecular flexibility index (Phi) is 7.15. The van der Waals surface area contributed by atoms with Crippen LogP contribution in [0.3, 0.4) is 0 Å². The normalized spacial score (nSPS) is 7.46. The zero-order valence-corrected chi connectivity index (χ0v) is 7.42. The number of hydrogen-bond acceptors (Lipinski definition) is 2. The summed E-state index contributed by atoms with van der Waals surface area (Å²) in [5, 5.41) is 3.39. The number of nitrogens with zero attached hydrogens (tertiary/aromatic N) is 3. The SMILES string of the molecule is CCC=O.[N-]=[N+]=Nc1ccccc1. The van der Waals surface area contributed by atoms with Gasteiger partial charge in [-0.15, -0.1) is 0 Å². The fraction of sp³-hybridized carbons (Fsp3) is 0.222. The van der Waals surface area contributed by atoms with Crippen molar-refractivity contribution in [2.45, 2.75) is 13.3 Å². The third-order valence-corrected chi connectivity index (χ3v) is 1.08. The van der Waals surface area contributed by atoms with E-state index < -0.39 is 0 Å². The van der Waals surface area contributed by atoms with Crippen LogP contribution < -0.4 is 0 Å². The Morgan fingerprint density at radius 3 is 2.38 bits per heavy atom. The van der Waals surface area contributed by atoms with E-state index in [4.69, 9.17) is 5.53 Å². The molecule has 0 aliphatic carbocycles. The molecule has 1 aromatic rings. The van der Waals surface area contributed by atoms with E-state index in [0.717, 1.165) is 6.29 Å². The molecule has 0 N–H and O–H groups in total. The Balaban J connectivity index is 0.000000310. The lowest BCUT2D eigenvalue weighted by Gasteiger charge is -1.83. The maximum atomic E-state index is 9.17. The largest absolute Gasteiger partial charge is 0.303 e. The van der Waals surface area contributed by atoms with Gasteiger partial charge in [0.15, 0.2) is 0 Å². The van der Waals surface area contributed by atoms with E-state index in [-0.39, 0.29) is 0 Å². The van der Waals surface area contributed by atoms with E-state index in [1.54, 1.807) is 12.1 Å². The van der Waals surface area contributed by atoms with Crippen molar-refractivity contribution in [3.05, 3.63) is 40.8 Å². The monoisotopic (exact) mass is 177 g/mol. The maximum Gasteiger partial charge on any atom is 0.119 e. The molecule has 0 spiro atoms. The zero-order valence-electron chi connectivity index (χ0n) is 7.42. The molecule has 0 fully saturated rings. The average Bonchev–Trinajstić information content (AvgIpc) is 2.20. The third kappa shape index (κ3) is 6.59. The number of carbonyl (C=O) groups is 1. The highest BCUT2D eigenvalue weighted by molar-refractivity contribution is 5.48. The molecule has 0 aliphatic heterocycles.